The molecule has 1 saturated heterocycles. The minimum absolute atomic E-state index is 0.104. The van der Waals surface area contributed by atoms with Crippen LogP contribution in [0.4, 0.5) is 22.9 Å². The summed E-state index contributed by atoms with van der Waals surface area (Å²) in [6, 6.07) is 12.1. The van der Waals surface area contributed by atoms with Crippen molar-refractivity contribution in [2.45, 2.75) is 6.42 Å². The number of morpholine rings is 1. The molecule has 0 bridgehead atoms. The largest absolute Gasteiger partial charge is 0.495 e. The van der Waals surface area contributed by atoms with Crippen LogP contribution in [0.5, 0.6) is 5.75 Å². The highest BCUT2D eigenvalue weighted by atomic mass is 16.5. The third-order valence-corrected chi connectivity index (χ3v) is 6.62. The van der Waals surface area contributed by atoms with Crippen molar-refractivity contribution < 1.29 is 14.3 Å². The molecule has 4 heterocycles. The molecule has 1 amide bonds. The molecule has 9 heteroatoms. The number of anilines is 4. The number of carbonyl (C=O) groups is 1. The Morgan fingerprint density at radius 3 is 2.74 bits per heavy atom. The molecule has 1 fully saturated rings. The lowest BCUT2D eigenvalue weighted by Gasteiger charge is -2.30. The summed E-state index contributed by atoms with van der Waals surface area (Å²) in [6.45, 7) is 3.10. The first-order valence-electron chi connectivity index (χ1n) is 11.6. The van der Waals surface area contributed by atoms with Gasteiger partial charge in [-0.15, -0.1) is 0 Å². The number of amides is 1. The highest BCUT2D eigenvalue weighted by molar-refractivity contribution is 6.01. The second-order valence-electron chi connectivity index (χ2n) is 8.72. The molecule has 2 aromatic heterocycles. The van der Waals surface area contributed by atoms with E-state index in [9.17, 15) is 4.79 Å². The Labute approximate surface area is 202 Å². The molecule has 4 aromatic rings. The summed E-state index contributed by atoms with van der Waals surface area (Å²) in [6.07, 6.45) is 6.02. The molecule has 9 nitrogen and oxygen atoms in total. The summed E-state index contributed by atoms with van der Waals surface area (Å²) >= 11 is 0. The summed E-state index contributed by atoms with van der Waals surface area (Å²) in [4.78, 5) is 25.5. The van der Waals surface area contributed by atoms with Crippen molar-refractivity contribution in [3.8, 4) is 17.0 Å². The average molecular weight is 471 g/mol. The van der Waals surface area contributed by atoms with Gasteiger partial charge in [0.1, 0.15) is 5.75 Å². The van der Waals surface area contributed by atoms with Crippen molar-refractivity contribution in [3.05, 3.63) is 60.6 Å². The van der Waals surface area contributed by atoms with Gasteiger partial charge in [-0.1, -0.05) is 6.07 Å². The lowest BCUT2D eigenvalue weighted by Crippen LogP contribution is -2.36. The van der Waals surface area contributed by atoms with Crippen LogP contribution in [-0.4, -0.2) is 60.7 Å². The van der Waals surface area contributed by atoms with Crippen LogP contribution in [0, 0.1) is 0 Å². The van der Waals surface area contributed by atoms with Gasteiger partial charge < -0.3 is 29.0 Å². The van der Waals surface area contributed by atoms with Gasteiger partial charge in [0.2, 0.25) is 5.91 Å². The highest BCUT2D eigenvalue weighted by Gasteiger charge is 2.24. The van der Waals surface area contributed by atoms with Crippen molar-refractivity contribution >= 4 is 34.4 Å². The number of fused-ring (bicyclic) bond motifs is 2. The fraction of sp³-hybridized carbons (Fsp3) is 0.269. The molecule has 0 atom stereocenters. The predicted molar refractivity (Wildman–Crippen MR) is 135 cm³/mol. The normalized spacial score (nSPS) is 15.5. The topological polar surface area (TPSA) is 84.2 Å². The van der Waals surface area contributed by atoms with Gasteiger partial charge in [0.25, 0.3) is 0 Å². The van der Waals surface area contributed by atoms with Crippen LogP contribution in [-0.2, 0) is 16.0 Å². The monoisotopic (exact) mass is 470 g/mol. The van der Waals surface area contributed by atoms with Crippen LogP contribution < -0.4 is 19.9 Å². The summed E-state index contributed by atoms with van der Waals surface area (Å²) in [7, 11) is 3.50. The molecule has 1 N–H and O–H groups in total. The van der Waals surface area contributed by atoms with Gasteiger partial charge in [0, 0.05) is 61.7 Å². The van der Waals surface area contributed by atoms with Crippen molar-refractivity contribution in [2.24, 2.45) is 0 Å². The quantitative estimate of drug-likeness (QED) is 0.478. The Kier molecular flexibility index (Phi) is 5.26. The maximum atomic E-state index is 12.1. The van der Waals surface area contributed by atoms with Gasteiger partial charge in [-0.25, -0.2) is 9.97 Å². The molecule has 0 radical (unpaired) electrons. The van der Waals surface area contributed by atoms with E-state index in [1.807, 2.05) is 54.2 Å². The van der Waals surface area contributed by atoms with Crippen LogP contribution in [0.2, 0.25) is 0 Å². The number of aromatic nitrogens is 3. The zero-order chi connectivity index (χ0) is 23.9. The number of nitrogens with one attached hydrogen (secondary N) is 1. The first kappa shape index (κ1) is 21.4. The van der Waals surface area contributed by atoms with Gasteiger partial charge >= 0.3 is 0 Å². The Balaban J connectivity index is 1.35. The van der Waals surface area contributed by atoms with Crippen molar-refractivity contribution in [1.82, 2.24) is 14.4 Å². The van der Waals surface area contributed by atoms with Gasteiger partial charge in [-0.3, -0.25) is 4.79 Å². The van der Waals surface area contributed by atoms with Crippen molar-refractivity contribution in [1.29, 1.82) is 0 Å². The molecular formula is C26H26N6O3. The van der Waals surface area contributed by atoms with E-state index in [-0.39, 0.29) is 5.91 Å². The summed E-state index contributed by atoms with van der Waals surface area (Å²) in [5.74, 6) is 1.54. The van der Waals surface area contributed by atoms with Gasteiger partial charge in [-0.05, 0) is 29.8 Å². The first-order chi connectivity index (χ1) is 17.1. The first-order valence-corrected chi connectivity index (χ1v) is 11.6. The van der Waals surface area contributed by atoms with Crippen LogP contribution >= 0.6 is 0 Å². The summed E-state index contributed by atoms with van der Waals surface area (Å²) in [5.41, 5.74) is 6.33. The number of ether oxygens (including phenoxy) is 2. The molecule has 0 aliphatic carbocycles. The van der Waals surface area contributed by atoms with Crippen molar-refractivity contribution in [3.63, 3.8) is 0 Å². The van der Waals surface area contributed by atoms with Gasteiger partial charge in [0.15, 0.2) is 11.5 Å². The van der Waals surface area contributed by atoms with E-state index in [1.165, 1.54) is 0 Å². The zero-order valence-corrected chi connectivity index (χ0v) is 19.7. The average Bonchev–Trinajstić information content (AvgIpc) is 3.48. The van der Waals surface area contributed by atoms with E-state index >= 15 is 0 Å². The molecule has 35 heavy (non-hydrogen) atoms. The number of nitrogens with zero attached hydrogens (tertiary/aromatic N) is 5. The second-order valence-corrected chi connectivity index (χ2v) is 8.72. The maximum absolute atomic E-state index is 12.1. The predicted octanol–water partition coefficient (Wildman–Crippen LogP) is 3.50. The number of rotatable bonds is 5. The van der Waals surface area contributed by atoms with E-state index in [1.54, 1.807) is 18.2 Å². The Morgan fingerprint density at radius 2 is 1.91 bits per heavy atom. The molecule has 178 valence electrons. The molecule has 0 unspecified atom stereocenters. The van der Waals surface area contributed by atoms with Crippen LogP contribution in [0.3, 0.4) is 0 Å². The molecular weight excluding hydrogens is 444 g/mol. The Bertz CT molecular complexity index is 1430. The van der Waals surface area contributed by atoms with Crippen LogP contribution in [0.1, 0.15) is 5.56 Å². The number of imidazole rings is 1. The lowest BCUT2D eigenvalue weighted by molar-refractivity contribution is -0.117. The Morgan fingerprint density at radius 1 is 1.09 bits per heavy atom. The highest BCUT2D eigenvalue weighted by Crippen LogP contribution is 2.35. The molecule has 6 rings (SSSR count). The van der Waals surface area contributed by atoms with E-state index in [2.05, 4.69) is 21.3 Å². The summed E-state index contributed by atoms with van der Waals surface area (Å²) < 4.78 is 13.1. The lowest BCUT2D eigenvalue weighted by atomic mass is 10.1. The Hall–Kier alpha value is -4.11. The number of hydrogen-bond acceptors (Lipinski definition) is 7. The maximum Gasteiger partial charge on any atom is 0.231 e. The fourth-order valence-corrected chi connectivity index (χ4v) is 4.74. The minimum Gasteiger partial charge on any atom is -0.495 e. The second kappa shape index (κ2) is 8.59. The number of benzene rings is 2. The number of hydrogen-bond donors (Lipinski definition) is 1. The smallest absolute Gasteiger partial charge is 0.231 e. The van der Waals surface area contributed by atoms with Crippen LogP contribution in [0.25, 0.3) is 16.9 Å². The molecule has 2 aromatic carbocycles. The number of carbonyl (C=O) groups excluding carboxylic acids is 1. The zero-order valence-electron chi connectivity index (χ0n) is 19.7. The van der Waals surface area contributed by atoms with Crippen LogP contribution in [0.15, 0.2) is 55.0 Å². The van der Waals surface area contributed by atoms with E-state index in [0.29, 0.717) is 25.5 Å². The molecule has 0 saturated carbocycles. The third-order valence-electron chi connectivity index (χ3n) is 6.62. The number of methoxy groups -OCH3 is 1. The van der Waals surface area contributed by atoms with E-state index in [4.69, 9.17) is 14.5 Å². The molecule has 0 spiro atoms. The third kappa shape index (κ3) is 3.83. The van der Waals surface area contributed by atoms with E-state index in [0.717, 1.165) is 58.4 Å². The SMILES string of the molecule is COc1cc(Nc2nc(-c3ccc4c(c3)CC(=O)N4C)cn3ccnc23)ccc1N1CCOCC1. The number of likely N-dealkylation sites (N-methyl/N-ethyl adjacent to an activating group) is 1. The van der Waals surface area contributed by atoms with E-state index < -0.39 is 0 Å². The summed E-state index contributed by atoms with van der Waals surface area (Å²) in [5, 5.41) is 3.43. The standard InChI is InChI=1S/C26H26N6O3/c1-30-21-5-3-17(13-18(21)14-24(30)33)20-16-32-8-7-27-26(32)25(29-20)28-19-4-6-22(23(15-19)34-2)31-9-11-35-12-10-31/h3-8,13,15-16H,9-12,14H2,1-2H3,(H,28,29). The van der Waals surface area contributed by atoms with Gasteiger partial charge in [-0.2, -0.15) is 0 Å². The minimum atomic E-state index is 0.104. The molecule has 2 aliphatic rings. The fourth-order valence-electron chi connectivity index (χ4n) is 4.74. The van der Waals surface area contributed by atoms with Crippen molar-refractivity contribution in [2.75, 3.05) is 55.6 Å². The van der Waals surface area contributed by atoms with Gasteiger partial charge in [0.05, 0.1) is 38.1 Å². The molecule has 2 aliphatic heterocycles.